The van der Waals surface area contributed by atoms with Crippen molar-refractivity contribution in [2.75, 3.05) is 26.2 Å². The van der Waals surface area contributed by atoms with Crippen LogP contribution in [0.2, 0.25) is 0 Å². The maximum absolute atomic E-state index is 12.3. The van der Waals surface area contributed by atoms with Crippen LogP contribution in [0.25, 0.3) is 0 Å². The number of likely N-dealkylation sites (tertiary alicyclic amines) is 1. The summed E-state index contributed by atoms with van der Waals surface area (Å²) in [4.78, 5) is 16.8. The Bertz CT molecular complexity index is 627. The molecule has 2 heterocycles. The fourth-order valence-electron chi connectivity index (χ4n) is 3.85. The second kappa shape index (κ2) is 7.67. The van der Waals surface area contributed by atoms with Crippen molar-refractivity contribution in [2.45, 2.75) is 52.2 Å². The molecule has 0 aromatic heterocycles. The van der Waals surface area contributed by atoms with E-state index in [1.807, 2.05) is 25.7 Å². The number of fused-ring (bicyclic) bond motifs is 1. The van der Waals surface area contributed by atoms with Crippen LogP contribution in [-0.4, -0.2) is 47.7 Å². The lowest BCUT2D eigenvalue weighted by molar-refractivity contribution is 0.0141. The molecule has 0 spiro atoms. The summed E-state index contributed by atoms with van der Waals surface area (Å²) in [5.41, 5.74) is 2.46. The van der Waals surface area contributed by atoms with Gasteiger partial charge in [0.05, 0.1) is 0 Å². The Kier molecular flexibility index (Phi) is 5.74. The summed E-state index contributed by atoms with van der Waals surface area (Å²) < 4.78 is 6.78. The fourth-order valence-corrected chi connectivity index (χ4v) is 4.45. The van der Waals surface area contributed by atoms with Crippen LogP contribution in [0.3, 0.4) is 0 Å². The van der Waals surface area contributed by atoms with Gasteiger partial charge in [0.1, 0.15) is 5.60 Å². The molecule has 25 heavy (non-hydrogen) atoms. The summed E-state index contributed by atoms with van der Waals surface area (Å²) >= 11 is 3.67. The number of amides is 1. The normalized spacial score (nSPS) is 21.8. The Morgan fingerprint density at radius 3 is 2.88 bits per heavy atom. The molecule has 0 saturated carbocycles. The Morgan fingerprint density at radius 1 is 1.32 bits per heavy atom. The maximum Gasteiger partial charge on any atom is 0.410 e. The largest absolute Gasteiger partial charge is 0.444 e. The van der Waals surface area contributed by atoms with Crippen LogP contribution in [0.4, 0.5) is 4.79 Å². The quantitative estimate of drug-likeness (QED) is 0.724. The number of rotatable bonds is 2. The summed E-state index contributed by atoms with van der Waals surface area (Å²) in [7, 11) is 0. The van der Waals surface area contributed by atoms with Gasteiger partial charge in [0, 0.05) is 37.2 Å². The third-order valence-corrected chi connectivity index (χ3v) is 5.72. The molecule has 0 radical (unpaired) electrons. The van der Waals surface area contributed by atoms with Gasteiger partial charge < -0.3 is 9.64 Å². The van der Waals surface area contributed by atoms with E-state index in [1.54, 1.807) is 0 Å². The van der Waals surface area contributed by atoms with Gasteiger partial charge in [-0.2, -0.15) is 0 Å². The van der Waals surface area contributed by atoms with Gasteiger partial charge in [-0.1, -0.05) is 28.1 Å². The van der Waals surface area contributed by atoms with Gasteiger partial charge in [-0.05, 0) is 63.1 Å². The van der Waals surface area contributed by atoms with E-state index in [9.17, 15) is 4.79 Å². The minimum absolute atomic E-state index is 0.162. The van der Waals surface area contributed by atoms with Crippen molar-refractivity contribution in [3.8, 4) is 0 Å². The van der Waals surface area contributed by atoms with Gasteiger partial charge in [-0.25, -0.2) is 4.79 Å². The first-order valence-electron chi connectivity index (χ1n) is 9.28. The molecular weight excluding hydrogens is 380 g/mol. The lowest BCUT2D eigenvalue weighted by atomic mass is 9.95. The molecule has 1 amide bonds. The van der Waals surface area contributed by atoms with Gasteiger partial charge in [-0.3, -0.25) is 4.90 Å². The zero-order chi connectivity index (χ0) is 18.0. The highest BCUT2D eigenvalue weighted by molar-refractivity contribution is 9.10. The molecule has 1 aromatic carbocycles. The predicted molar refractivity (Wildman–Crippen MR) is 104 cm³/mol. The average Bonchev–Trinajstić information content (AvgIpc) is 2.54. The molecule has 138 valence electrons. The van der Waals surface area contributed by atoms with Gasteiger partial charge in [0.25, 0.3) is 0 Å². The van der Waals surface area contributed by atoms with Gasteiger partial charge in [0.2, 0.25) is 0 Å². The third kappa shape index (κ3) is 4.98. The van der Waals surface area contributed by atoms with Crippen LogP contribution in [0, 0.1) is 5.92 Å². The molecule has 1 fully saturated rings. The van der Waals surface area contributed by atoms with Crippen molar-refractivity contribution in [1.29, 1.82) is 0 Å². The third-order valence-electron chi connectivity index (χ3n) is 4.97. The summed E-state index contributed by atoms with van der Waals surface area (Å²) in [6.07, 6.45) is 3.20. The minimum atomic E-state index is -0.423. The van der Waals surface area contributed by atoms with Gasteiger partial charge >= 0.3 is 6.09 Å². The molecule has 0 N–H and O–H groups in total. The number of benzene rings is 1. The first-order chi connectivity index (χ1) is 11.8. The van der Waals surface area contributed by atoms with Crippen LogP contribution in [0.1, 0.15) is 44.7 Å². The van der Waals surface area contributed by atoms with Crippen LogP contribution < -0.4 is 0 Å². The van der Waals surface area contributed by atoms with E-state index in [2.05, 4.69) is 39.0 Å². The first-order valence-corrected chi connectivity index (χ1v) is 10.1. The molecule has 3 rings (SSSR count). The van der Waals surface area contributed by atoms with Crippen LogP contribution in [-0.2, 0) is 17.7 Å². The Hall–Kier alpha value is -1.07. The summed E-state index contributed by atoms with van der Waals surface area (Å²) in [6.45, 7) is 10.6. The zero-order valence-electron chi connectivity index (χ0n) is 15.6. The van der Waals surface area contributed by atoms with Crippen LogP contribution >= 0.6 is 15.9 Å². The number of carbonyl (C=O) groups is 1. The summed E-state index contributed by atoms with van der Waals surface area (Å²) in [6, 6.07) is 6.49. The molecule has 1 unspecified atom stereocenters. The molecule has 5 heteroatoms. The standard InChI is InChI=1S/C20H29BrN2O2/c1-20(2,3)25-19(24)23-10-5-6-15(13-23)12-22-11-9-17-16(14-22)7-4-8-18(17)21/h4,7-8,15H,5-6,9-14H2,1-3H3. The van der Waals surface area contributed by atoms with Crippen LogP contribution in [0.15, 0.2) is 22.7 Å². The van der Waals surface area contributed by atoms with Crippen molar-refractivity contribution in [2.24, 2.45) is 5.92 Å². The van der Waals surface area contributed by atoms with Gasteiger partial charge in [0.15, 0.2) is 0 Å². The first kappa shape index (κ1) is 18.7. The highest BCUT2D eigenvalue weighted by Crippen LogP contribution is 2.28. The minimum Gasteiger partial charge on any atom is -0.444 e. The topological polar surface area (TPSA) is 32.8 Å². The molecule has 4 nitrogen and oxygen atoms in total. The van der Waals surface area contributed by atoms with E-state index in [4.69, 9.17) is 4.74 Å². The zero-order valence-corrected chi connectivity index (χ0v) is 17.1. The van der Waals surface area contributed by atoms with Crippen molar-refractivity contribution < 1.29 is 9.53 Å². The summed E-state index contributed by atoms with van der Waals surface area (Å²) in [5.74, 6) is 0.537. The number of hydrogen-bond donors (Lipinski definition) is 0. The highest BCUT2D eigenvalue weighted by Gasteiger charge is 2.29. The van der Waals surface area contributed by atoms with E-state index in [-0.39, 0.29) is 6.09 Å². The molecule has 1 atom stereocenters. The monoisotopic (exact) mass is 408 g/mol. The number of hydrogen-bond acceptors (Lipinski definition) is 3. The predicted octanol–water partition coefficient (Wildman–Crippen LogP) is 4.45. The second-order valence-corrected chi connectivity index (χ2v) is 9.15. The highest BCUT2D eigenvalue weighted by atomic mass is 79.9. The van der Waals surface area contributed by atoms with Crippen molar-refractivity contribution >= 4 is 22.0 Å². The molecule has 1 aromatic rings. The molecule has 1 saturated heterocycles. The van der Waals surface area contributed by atoms with Crippen LogP contribution in [0.5, 0.6) is 0 Å². The van der Waals surface area contributed by atoms with E-state index in [1.165, 1.54) is 22.0 Å². The van der Waals surface area contributed by atoms with Crippen molar-refractivity contribution in [1.82, 2.24) is 9.80 Å². The lowest BCUT2D eigenvalue weighted by Gasteiger charge is -2.37. The Morgan fingerprint density at radius 2 is 2.12 bits per heavy atom. The molecule has 2 aliphatic heterocycles. The molecule has 0 bridgehead atoms. The average molecular weight is 409 g/mol. The number of ether oxygens (including phenoxy) is 1. The second-order valence-electron chi connectivity index (χ2n) is 8.30. The number of nitrogens with zero attached hydrogens (tertiary/aromatic N) is 2. The molecule has 2 aliphatic rings. The Balaban J connectivity index is 1.56. The molecule has 0 aliphatic carbocycles. The number of carbonyl (C=O) groups excluding carboxylic acids is 1. The van der Waals surface area contributed by atoms with E-state index in [0.717, 1.165) is 45.6 Å². The van der Waals surface area contributed by atoms with Crippen molar-refractivity contribution in [3.63, 3.8) is 0 Å². The fraction of sp³-hybridized carbons (Fsp3) is 0.650. The lowest BCUT2D eigenvalue weighted by Crippen LogP contribution is -2.46. The van der Waals surface area contributed by atoms with Crippen molar-refractivity contribution in [3.05, 3.63) is 33.8 Å². The number of halogens is 1. The van der Waals surface area contributed by atoms with E-state index >= 15 is 0 Å². The Labute approximate surface area is 159 Å². The smallest absolute Gasteiger partial charge is 0.410 e. The summed E-state index contributed by atoms with van der Waals surface area (Å²) in [5, 5.41) is 0. The van der Waals surface area contributed by atoms with E-state index < -0.39 is 5.60 Å². The number of piperidine rings is 1. The SMILES string of the molecule is CC(C)(C)OC(=O)N1CCCC(CN2CCc3c(Br)cccc3C2)C1. The van der Waals surface area contributed by atoms with E-state index in [0.29, 0.717) is 5.92 Å². The molecular formula is C20H29BrN2O2. The maximum atomic E-state index is 12.3. The van der Waals surface area contributed by atoms with Gasteiger partial charge in [-0.15, -0.1) is 0 Å².